The molecule has 1 N–H and O–H groups in total. The highest BCUT2D eigenvalue weighted by atomic mass is 35.5. The van der Waals surface area contributed by atoms with Gasteiger partial charge in [-0.1, -0.05) is 12.1 Å². The lowest BCUT2D eigenvalue weighted by molar-refractivity contribution is -0.386. The van der Waals surface area contributed by atoms with Crippen LogP contribution in [0.15, 0.2) is 30.5 Å². The molecule has 7 nitrogen and oxygen atoms in total. The Bertz CT molecular complexity index is 704. The van der Waals surface area contributed by atoms with Gasteiger partial charge >= 0.3 is 0 Å². The van der Waals surface area contributed by atoms with E-state index in [0.29, 0.717) is 30.0 Å². The van der Waals surface area contributed by atoms with Gasteiger partial charge in [-0.25, -0.2) is 9.97 Å². The summed E-state index contributed by atoms with van der Waals surface area (Å²) >= 11 is 5.84. The first kappa shape index (κ1) is 14.8. The Morgan fingerprint density at radius 1 is 1.41 bits per heavy atom. The highest BCUT2D eigenvalue weighted by Crippen LogP contribution is 2.36. The molecule has 1 aliphatic heterocycles. The molecule has 1 aromatic carbocycles. The Kier molecular flexibility index (Phi) is 4.28. The normalized spacial score (nSPS) is 18.1. The van der Waals surface area contributed by atoms with Crippen molar-refractivity contribution in [1.29, 1.82) is 0 Å². The maximum absolute atomic E-state index is 11.4. The third-order valence-electron chi connectivity index (χ3n) is 3.43. The van der Waals surface area contributed by atoms with Crippen molar-refractivity contribution in [3.8, 4) is 11.3 Å². The monoisotopic (exact) mass is 320 g/mol. The van der Waals surface area contributed by atoms with E-state index in [2.05, 4.69) is 15.3 Å². The Labute approximate surface area is 131 Å². The first-order valence-corrected chi connectivity index (χ1v) is 7.13. The fourth-order valence-corrected chi connectivity index (χ4v) is 2.66. The number of benzene rings is 1. The predicted molar refractivity (Wildman–Crippen MR) is 80.7 cm³/mol. The summed E-state index contributed by atoms with van der Waals surface area (Å²) in [5, 5.41) is 14.7. The van der Waals surface area contributed by atoms with Crippen molar-refractivity contribution in [3.63, 3.8) is 0 Å². The van der Waals surface area contributed by atoms with Gasteiger partial charge in [0, 0.05) is 30.9 Å². The first-order valence-electron chi connectivity index (χ1n) is 6.75. The minimum Gasteiger partial charge on any atom is -0.371 e. The maximum atomic E-state index is 11.4. The summed E-state index contributed by atoms with van der Waals surface area (Å²) in [5.41, 5.74) is 1.69. The van der Waals surface area contributed by atoms with E-state index in [4.69, 9.17) is 16.3 Å². The lowest BCUT2D eigenvalue weighted by Crippen LogP contribution is -2.34. The summed E-state index contributed by atoms with van der Waals surface area (Å²) in [6, 6.07) is 6.55. The first-order chi connectivity index (χ1) is 10.7. The van der Waals surface area contributed by atoms with Crippen LogP contribution < -0.4 is 5.32 Å². The van der Waals surface area contributed by atoms with Gasteiger partial charge < -0.3 is 10.1 Å². The zero-order chi connectivity index (χ0) is 15.5. The summed E-state index contributed by atoms with van der Waals surface area (Å²) in [6.07, 6.45) is 1.12. The van der Waals surface area contributed by atoms with Gasteiger partial charge in [-0.3, -0.25) is 10.1 Å². The molecule has 2 heterocycles. The van der Waals surface area contributed by atoms with E-state index in [9.17, 15) is 10.1 Å². The van der Waals surface area contributed by atoms with Gasteiger partial charge in [-0.05, 0) is 17.7 Å². The minimum absolute atomic E-state index is 0.0148. The molecule has 114 valence electrons. The standard InChI is InChI=1S/C14H13ClN4O3/c15-14-17-5-4-10(18-14)9-2-1-3-11(19(20)21)13(9)12-8-16-6-7-22-12/h1-5,12,16H,6-8H2. The fraction of sp³-hybridized carbons (Fsp3) is 0.286. The molecular formula is C14H13ClN4O3. The predicted octanol–water partition coefficient (Wildman–Crippen LogP) is 2.37. The molecule has 0 bridgehead atoms. The molecule has 0 radical (unpaired) electrons. The van der Waals surface area contributed by atoms with Crippen LogP contribution in [-0.2, 0) is 4.74 Å². The van der Waals surface area contributed by atoms with Gasteiger partial charge in [-0.15, -0.1) is 0 Å². The Morgan fingerprint density at radius 2 is 2.27 bits per heavy atom. The number of aromatic nitrogens is 2. The number of halogens is 1. The second-order valence-electron chi connectivity index (χ2n) is 4.77. The highest BCUT2D eigenvalue weighted by Gasteiger charge is 2.28. The Balaban J connectivity index is 2.16. The molecule has 0 spiro atoms. The highest BCUT2D eigenvalue weighted by molar-refractivity contribution is 6.28. The summed E-state index contributed by atoms with van der Waals surface area (Å²) in [4.78, 5) is 19.0. The van der Waals surface area contributed by atoms with Crippen molar-refractivity contribution >= 4 is 17.3 Å². The SMILES string of the molecule is O=[N+]([O-])c1cccc(-c2ccnc(Cl)n2)c1C1CNCCO1. The lowest BCUT2D eigenvalue weighted by Gasteiger charge is -2.25. The smallest absolute Gasteiger partial charge is 0.275 e. The molecule has 1 unspecified atom stereocenters. The fourth-order valence-electron chi connectivity index (χ4n) is 2.51. The van der Waals surface area contributed by atoms with E-state index in [1.165, 1.54) is 12.3 Å². The van der Waals surface area contributed by atoms with Crippen LogP contribution in [0.2, 0.25) is 5.28 Å². The summed E-state index contributed by atoms with van der Waals surface area (Å²) in [5.74, 6) is 0. The molecule has 2 aromatic rings. The lowest BCUT2D eigenvalue weighted by atomic mass is 9.97. The average molecular weight is 321 g/mol. The van der Waals surface area contributed by atoms with Gasteiger partial charge in [-0.2, -0.15) is 0 Å². The van der Waals surface area contributed by atoms with Crippen molar-refractivity contribution in [3.05, 3.63) is 51.4 Å². The molecule has 1 fully saturated rings. The number of rotatable bonds is 3. The van der Waals surface area contributed by atoms with Crippen LogP contribution in [-0.4, -0.2) is 34.6 Å². The maximum Gasteiger partial charge on any atom is 0.275 e. The molecule has 0 amide bonds. The van der Waals surface area contributed by atoms with Crippen LogP contribution in [0.4, 0.5) is 5.69 Å². The summed E-state index contributed by atoms with van der Waals surface area (Å²) in [6.45, 7) is 1.74. The van der Waals surface area contributed by atoms with Gasteiger partial charge in [0.15, 0.2) is 0 Å². The van der Waals surface area contributed by atoms with E-state index in [1.807, 2.05) is 0 Å². The van der Waals surface area contributed by atoms with Crippen molar-refractivity contribution in [2.45, 2.75) is 6.10 Å². The van der Waals surface area contributed by atoms with Gasteiger partial charge in [0.25, 0.3) is 5.69 Å². The number of nitrogens with zero attached hydrogens (tertiary/aromatic N) is 3. The summed E-state index contributed by atoms with van der Waals surface area (Å²) < 4.78 is 5.70. The molecule has 1 saturated heterocycles. The largest absolute Gasteiger partial charge is 0.371 e. The zero-order valence-electron chi connectivity index (χ0n) is 11.5. The van der Waals surface area contributed by atoms with Crippen molar-refractivity contribution in [2.75, 3.05) is 19.7 Å². The number of nitro benzene ring substituents is 1. The third-order valence-corrected chi connectivity index (χ3v) is 3.61. The number of nitro groups is 1. The minimum atomic E-state index is -0.404. The molecule has 1 aliphatic rings. The van der Waals surface area contributed by atoms with Crippen LogP contribution in [0, 0.1) is 10.1 Å². The molecule has 0 aliphatic carbocycles. The molecule has 3 rings (SSSR count). The number of nitrogens with one attached hydrogen (secondary N) is 1. The number of hydrogen-bond acceptors (Lipinski definition) is 6. The van der Waals surface area contributed by atoms with Crippen molar-refractivity contribution in [2.24, 2.45) is 0 Å². The third kappa shape index (κ3) is 2.92. The van der Waals surface area contributed by atoms with E-state index >= 15 is 0 Å². The molecule has 0 saturated carbocycles. The molecular weight excluding hydrogens is 308 g/mol. The van der Waals surface area contributed by atoms with E-state index in [0.717, 1.165) is 6.54 Å². The number of hydrogen-bond donors (Lipinski definition) is 1. The van der Waals surface area contributed by atoms with Crippen molar-refractivity contribution < 1.29 is 9.66 Å². The van der Waals surface area contributed by atoms with Crippen LogP contribution in [0.3, 0.4) is 0 Å². The quantitative estimate of drug-likeness (QED) is 0.530. The van der Waals surface area contributed by atoms with E-state index < -0.39 is 11.0 Å². The molecule has 22 heavy (non-hydrogen) atoms. The van der Waals surface area contributed by atoms with Crippen LogP contribution >= 0.6 is 11.6 Å². The Hall–Kier alpha value is -2.09. The zero-order valence-corrected chi connectivity index (χ0v) is 12.3. The van der Waals surface area contributed by atoms with E-state index in [-0.39, 0.29) is 11.0 Å². The topological polar surface area (TPSA) is 90.2 Å². The Morgan fingerprint density at radius 3 is 2.95 bits per heavy atom. The second kappa shape index (κ2) is 6.35. The van der Waals surface area contributed by atoms with Crippen molar-refractivity contribution in [1.82, 2.24) is 15.3 Å². The van der Waals surface area contributed by atoms with Crippen LogP contribution in [0.5, 0.6) is 0 Å². The van der Waals surface area contributed by atoms with Gasteiger partial charge in [0.2, 0.25) is 5.28 Å². The molecule has 1 atom stereocenters. The second-order valence-corrected chi connectivity index (χ2v) is 5.11. The number of morpholine rings is 1. The van der Waals surface area contributed by atoms with Gasteiger partial charge in [0.1, 0.15) is 6.10 Å². The number of ether oxygens (including phenoxy) is 1. The van der Waals surface area contributed by atoms with Crippen LogP contribution in [0.25, 0.3) is 11.3 Å². The molecule has 1 aromatic heterocycles. The summed E-state index contributed by atoms with van der Waals surface area (Å²) in [7, 11) is 0. The van der Waals surface area contributed by atoms with Crippen LogP contribution in [0.1, 0.15) is 11.7 Å². The average Bonchev–Trinajstić information content (AvgIpc) is 2.55. The van der Waals surface area contributed by atoms with E-state index in [1.54, 1.807) is 18.2 Å². The molecule has 8 heteroatoms. The van der Waals surface area contributed by atoms with Gasteiger partial charge in [0.05, 0.1) is 22.8 Å².